The molecule has 0 spiro atoms. The number of aliphatic hydroxyl groups is 1. The molecule has 0 radical (unpaired) electrons. The Morgan fingerprint density at radius 1 is 1.13 bits per heavy atom. The second-order valence-electron chi connectivity index (χ2n) is 6.07. The highest BCUT2D eigenvalue weighted by molar-refractivity contribution is 8.18. The predicted molar refractivity (Wildman–Crippen MR) is 117 cm³/mol. The third-order valence-corrected chi connectivity index (χ3v) is 5.22. The summed E-state index contributed by atoms with van der Waals surface area (Å²) in [6.45, 7) is 1.83. The molecule has 0 bridgehead atoms. The lowest BCUT2D eigenvalue weighted by atomic mass is 10.1. The van der Waals surface area contributed by atoms with Gasteiger partial charge in [0.05, 0.1) is 25.7 Å². The van der Waals surface area contributed by atoms with Crippen LogP contribution in [0.15, 0.2) is 63.7 Å². The number of carbonyl (C=O) groups excluding carboxylic acids is 1. The molecule has 0 saturated heterocycles. The molecule has 0 atom stereocenters. The molecular formula is C22H21NO6S. The first-order valence-electron chi connectivity index (χ1n) is 9.07. The van der Waals surface area contributed by atoms with Crippen molar-refractivity contribution in [1.29, 1.82) is 0 Å². The molecule has 2 aromatic rings. The van der Waals surface area contributed by atoms with Crippen molar-refractivity contribution >= 4 is 34.5 Å². The molecule has 0 unspecified atom stereocenters. The number of nitrogens with zero attached hydrogens (tertiary/aromatic N) is 1. The number of hydrogen-bond acceptors (Lipinski definition) is 8. The molecule has 0 aromatic heterocycles. The second-order valence-corrected chi connectivity index (χ2v) is 7.10. The van der Waals surface area contributed by atoms with Gasteiger partial charge in [-0.15, -0.1) is 0 Å². The van der Waals surface area contributed by atoms with Crippen molar-refractivity contribution in [2.24, 2.45) is 4.99 Å². The van der Waals surface area contributed by atoms with Crippen LogP contribution in [0.5, 0.6) is 17.2 Å². The largest absolute Gasteiger partial charge is 0.507 e. The van der Waals surface area contributed by atoms with E-state index in [1.165, 1.54) is 20.3 Å². The van der Waals surface area contributed by atoms with Crippen LogP contribution in [0.25, 0.3) is 6.08 Å². The SMILES string of the molecule is CCOC(=O)C1=C(O)/C(=C\c2ccc(OC)cc2O)SC1=Nc1ccccc1OC. The van der Waals surface area contributed by atoms with Crippen LogP contribution in [0.3, 0.4) is 0 Å². The number of phenols is 1. The average Bonchev–Trinajstić information content (AvgIpc) is 3.04. The number of ether oxygens (including phenoxy) is 3. The molecule has 0 saturated carbocycles. The maximum atomic E-state index is 12.5. The van der Waals surface area contributed by atoms with Gasteiger partial charge in [-0.25, -0.2) is 9.79 Å². The van der Waals surface area contributed by atoms with Gasteiger partial charge in [0.2, 0.25) is 0 Å². The van der Waals surface area contributed by atoms with E-state index in [9.17, 15) is 15.0 Å². The van der Waals surface area contributed by atoms with Gasteiger partial charge in [0.15, 0.2) is 0 Å². The average molecular weight is 427 g/mol. The molecule has 2 N–H and O–H groups in total. The maximum absolute atomic E-state index is 12.5. The Labute approximate surface area is 178 Å². The highest BCUT2D eigenvalue weighted by Crippen LogP contribution is 2.42. The van der Waals surface area contributed by atoms with Gasteiger partial charge < -0.3 is 24.4 Å². The van der Waals surface area contributed by atoms with Gasteiger partial charge >= 0.3 is 5.97 Å². The van der Waals surface area contributed by atoms with Crippen LogP contribution in [0.2, 0.25) is 0 Å². The molecule has 0 amide bonds. The zero-order valence-electron chi connectivity index (χ0n) is 16.7. The summed E-state index contributed by atoms with van der Waals surface area (Å²) in [6, 6.07) is 11.9. The van der Waals surface area contributed by atoms with Crippen molar-refractivity contribution in [3.8, 4) is 17.2 Å². The van der Waals surface area contributed by atoms with Crippen LogP contribution in [-0.4, -0.2) is 42.1 Å². The minimum atomic E-state index is -0.682. The number of aliphatic imine (C=N–C) groups is 1. The van der Waals surface area contributed by atoms with E-state index in [0.717, 1.165) is 11.8 Å². The van der Waals surface area contributed by atoms with Crippen LogP contribution >= 0.6 is 11.8 Å². The first-order valence-corrected chi connectivity index (χ1v) is 9.89. The van der Waals surface area contributed by atoms with Crippen molar-refractivity contribution in [1.82, 2.24) is 0 Å². The van der Waals surface area contributed by atoms with Crippen molar-refractivity contribution in [3.05, 3.63) is 64.3 Å². The van der Waals surface area contributed by atoms with Crippen LogP contribution in [-0.2, 0) is 9.53 Å². The lowest BCUT2D eigenvalue weighted by molar-refractivity contribution is -0.138. The Morgan fingerprint density at radius 2 is 1.90 bits per heavy atom. The van der Waals surface area contributed by atoms with Crippen LogP contribution in [0, 0.1) is 0 Å². The Kier molecular flexibility index (Phi) is 6.68. The fourth-order valence-corrected chi connectivity index (χ4v) is 3.76. The van der Waals surface area contributed by atoms with Gasteiger partial charge in [-0.2, -0.15) is 0 Å². The van der Waals surface area contributed by atoms with Gasteiger partial charge in [0.1, 0.15) is 39.3 Å². The first kappa shape index (κ1) is 21.3. The van der Waals surface area contributed by atoms with E-state index >= 15 is 0 Å². The van der Waals surface area contributed by atoms with Crippen LogP contribution < -0.4 is 9.47 Å². The molecule has 3 rings (SSSR count). The minimum Gasteiger partial charge on any atom is -0.507 e. The lowest BCUT2D eigenvalue weighted by Gasteiger charge is -2.06. The normalized spacial score (nSPS) is 16.2. The molecule has 1 heterocycles. The molecule has 0 fully saturated rings. The van der Waals surface area contributed by atoms with E-state index < -0.39 is 5.97 Å². The molecule has 1 aliphatic heterocycles. The number of benzene rings is 2. The summed E-state index contributed by atoms with van der Waals surface area (Å²) in [4.78, 5) is 17.4. The fourth-order valence-electron chi connectivity index (χ4n) is 2.74. The van der Waals surface area contributed by atoms with Crippen molar-refractivity contribution in [2.45, 2.75) is 6.92 Å². The lowest BCUT2D eigenvalue weighted by Crippen LogP contribution is -2.12. The molecule has 156 valence electrons. The fraction of sp³-hybridized carbons (Fsp3) is 0.182. The number of esters is 1. The smallest absolute Gasteiger partial charge is 0.344 e. The van der Waals surface area contributed by atoms with Crippen LogP contribution in [0.1, 0.15) is 12.5 Å². The number of rotatable bonds is 6. The van der Waals surface area contributed by atoms with E-state index in [1.807, 2.05) is 6.07 Å². The summed E-state index contributed by atoms with van der Waals surface area (Å²) in [7, 11) is 3.03. The monoisotopic (exact) mass is 427 g/mol. The van der Waals surface area contributed by atoms with E-state index in [2.05, 4.69) is 4.99 Å². The van der Waals surface area contributed by atoms with Crippen molar-refractivity contribution in [3.63, 3.8) is 0 Å². The Balaban J connectivity index is 2.07. The second kappa shape index (κ2) is 9.41. The molecule has 2 aromatic carbocycles. The number of hydrogen-bond donors (Lipinski definition) is 2. The standard InChI is InChI=1S/C22H21NO6S/c1-4-29-22(26)19-20(25)18(11-13-9-10-14(27-2)12-16(13)24)30-21(19)23-15-7-5-6-8-17(15)28-3/h5-12,24-25H,4H2,1-3H3/b18-11+,23-21?. The number of thioether (sulfide) groups is 1. The van der Waals surface area contributed by atoms with E-state index in [1.54, 1.807) is 43.3 Å². The number of aromatic hydroxyl groups is 1. The number of para-hydroxylation sites is 2. The Hall–Kier alpha value is -3.39. The zero-order chi connectivity index (χ0) is 21.7. The van der Waals surface area contributed by atoms with Gasteiger partial charge in [-0.3, -0.25) is 0 Å². The molecule has 0 aliphatic carbocycles. The van der Waals surface area contributed by atoms with Crippen molar-refractivity contribution in [2.75, 3.05) is 20.8 Å². The highest BCUT2D eigenvalue weighted by atomic mass is 32.2. The van der Waals surface area contributed by atoms with E-state index in [0.29, 0.717) is 27.7 Å². The van der Waals surface area contributed by atoms with Crippen molar-refractivity contribution < 1.29 is 29.2 Å². The number of methoxy groups -OCH3 is 2. The third kappa shape index (κ3) is 4.44. The van der Waals surface area contributed by atoms with Gasteiger partial charge in [0.25, 0.3) is 0 Å². The molecule has 7 nitrogen and oxygen atoms in total. The minimum absolute atomic E-state index is 0.0250. The van der Waals surface area contributed by atoms with E-state index in [-0.39, 0.29) is 28.7 Å². The Bertz CT molecular complexity index is 1060. The number of phenolic OH excluding ortho intramolecular Hbond substituents is 1. The highest BCUT2D eigenvalue weighted by Gasteiger charge is 2.33. The number of carbonyl (C=O) groups is 1. The number of aliphatic hydroxyl groups excluding tert-OH is 1. The summed E-state index contributed by atoms with van der Waals surface area (Å²) in [5, 5.41) is 21.2. The molecule has 8 heteroatoms. The van der Waals surface area contributed by atoms with Crippen LogP contribution in [0.4, 0.5) is 5.69 Å². The molecule has 1 aliphatic rings. The first-order chi connectivity index (χ1) is 14.5. The quantitative estimate of drug-likeness (QED) is 0.650. The summed E-state index contributed by atoms with van der Waals surface area (Å²) in [5.74, 6) is 0.0570. The maximum Gasteiger partial charge on any atom is 0.344 e. The predicted octanol–water partition coefficient (Wildman–Crippen LogP) is 4.60. The van der Waals surface area contributed by atoms with Gasteiger partial charge in [0, 0.05) is 11.6 Å². The summed E-state index contributed by atoms with van der Waals surface area (Å²) >= 11 is 1.10. The summed E-state index contributed by atoms with van der Waals surface area (Å²) in [6.07, 6.45) is 1.57. The molecular weight excluding hydrogens is 406 g/mol. The summed E-state index contributed by atoms with van der Waals surface area (Å²) in [5.41, 5.74) is 0.921. The van der Waals surface area contributed by atoms with E-state index in [4.69, 9.17) is 14.2 Å². The zero-order valence-corrected chi connectivity index (χ0v) is 17.5. The Morgan fingerprint density at radius 3 is 2.57 bits per heavy atom. The van der Waals surface area contributed by atoms with Gasteiger partial charge in [-0.1, -0.05) is 23.9 Å². The summed E-state index contributed by atoms with van der Waals surface area (Å²) < 4.78 is 15.5. The third-order valence-electron chi connectivity index (χ3n) is 4.20. The topological polar surface area (TPSA) is 97.6 Å². The molecule has 30 heavy (non-hydrogen) atoms. The van der Waals surface area contributed by atoms with Gasteiger partial charge in [-0.05, 0) is 37.3 Å².